The number of carbonyl (C=O) groups excluding carboxylic acids is 1. The summed E-state index contributed by atoms with van der Waals surface area (Å²) in [6.45, 7) is 3.66. The van der Waals surface area contributed by atoms with Gasteiger partial charge in [-0.3, -0.25) is 9.52 Å². The van der Waals surface area contributed by atoms with Gasteiger partial charge >= 0.3 is 0 Å². The normalized spacial score (nSPS) is 11.1. The van der Waals surface area contributed by atoms with Gasteiger partial charge in [-0.2, -0.15) is 0 Å². The quantitative estimate of drug-likeness (QED) is 0.861. The highest BCUT2D eigenvalue weighted by molar-refractivity contribution is 7.92. The van der Waals surface area contributed by atoms with E-state index in [1.165, 1.54) is 24.3 Å². The van der Waals surface area contributed by atoms with Gasteiger partial charge in [0.25, 0.3) is 10.0 Å². The third kappa shape index (κ3) is 3.70. The molecule has 0 aromatic heterocycles. The third-order valence-electron chi connectivity index (χ3n) is 3.08. The number of hydrogen-bond donors (Lipinski definition) is 1. The van der Waals surface area contributed by atoms with E-state index in [1.807, 2.05) is 13.0 Å². The minimum Gasteiger partial charge on any atom is -0.294 e. The molecule has 4 nitrogen and oxygen atoms in total. The molecule has 0 unspecified atom stereocenters. The smallest absolute Gasteiger partial charge is 0.261 e. The lowest BCUT2D eigenvalue weighted by Crippen LogP contribution is -2.13. The molecule has 2 aromatic rings. The Balaban J connectivity index is 2.25. The van der Waals surface area contributed by atoms with Crippen LogP contribution >= 0.6 is 0 Å². The van der Waals surface area contributed by atoms with Gasteiger partial charge in [0, 0.05) is 17.7 Å². The molecule has 0 saturated carbocycles. The van der Waals surface area contributed by atoms with Crippen LogP contribution in [0.15, 0.2) is 53.4 Å². The molecule has 0 radical (unpaired) electrons. The number of nitrogens with one attached hydrogen (secondary N) is 1. The third-order valence-corrected chi connectivity index (χ3v) is 4.48. The molecular formula is C16H17NO3S. The van der Waals surface area contributed by atoms with Gasteiger partial charge in [0.2, 0.25) is 0 Å². The van der Waals surface area contributed by atoms with Crippen LogP contribution in [0.1, 0.15) is 29.3 Å². The Hall–Kier alpha value is -2.14. The van der Waals surface area contributed by atoms with Crippen LogP contribution in [-0.4, -0.2) is 14.2 Å². The van der Waals surface area contributed by atoms with E-state index in [0.29, 0.717) is 17.7 Å². The number of aryl methyl sites for hydroxylation is 1. The predicted molar refractivity (Wildman–Crippen MR) is 83.1 cm³/mol. The van der Waals surface area contributed by atoms with Gasteiger partial charge in [-0.25, -0.2) is 8.42 Å². The molecule has 0 saturated heterocycles. The van der Waals surface area contributed by atoms with Crippen LogP contribution < -0.4 is 4.72 Å². The van der Waals surface area contributed by atoms with Crippen LogP contribution in [0, 0.1) is 6.92 Å². The van der Waals surface area contributed by atoms with Crippen LogP contribution in [0.25, 0.3) is 0 Å². The Labute approximate surface area is 124 Å². The summed E-state index contributed by atoms with van der Waals surface area (Å²) < 4.78 is 27.1. The molecule has 0 fully saturated rings. The summed E-state index contributed by atoms with van der Waals surface area (Å²) >= 11 is 0. The monoisotopic (exact) mass is 303 g/mol. The van der Waals surface area contributed by atoms with Crippen molar-refractivity contribution in [3.05, 3.63) is 59.7 Å². The van der Waals surface area contributed by atoms with Crippen molar-refractivity contribution in [1.29, 1.82) is 0 Å². The SMILES string of the molecule is CCC(=O)c1ccc(S(=O)(=O)Nc2cccc(C)c2)cc1. The van der Waals surface area contributed by atoms with Crippen molar-refractivity contribution in [3.63, 3.8) is 0 Å². The topological polar surface area (TPSA) is 63.2 Å². The molecule has 21 heavy (non-hydrogen) atoms. The minimum absolute atomic E-state index is 0.00871. The summed E-state index contributed by atoms with van der Waals surface area (Å²) in [5.74, 6) is -0.00871. The maximum Gasteiger partial charge on any atom is 0.261 e. The lowest BCUT2D eigenvalue weighted by Gasteiger charge is -2.09. The molecule has 0 heterocycles. The summed E-state index contributed by atoms with van der Waals surface area (Å²) in [6, 6.07) is 13.1. The lowest BCUT2D eigenvalue weighted by atomic mass is 10.1. The zero-order valence-corrected chi connectivity index (χ0v) is 12.8. The molecule has 110 valence electrons. The highest BCUT2D eigenvalue weighted by Gasteiger charge is 2.14. The van der Waals surface area contributed by atoms with Crippen LogP contribution in [0.3, 0.4) is 0 Å². The van der Waals surface area contributed by atoms with E-state index in [-0.39, 0.29) is 10.7 Å². The van der Waals surface area contributed by atoms with Crippen LogP contribution in [-0.2, 0) is 10.0 Å². The van der Waals surface area contributed by atoms with Gasteiger partial charge in [-0.05, 0) is 36.8 Å². The van der Waals surface area contributed by atoms with Gasteiger partial charge in [0.1, 0.15) is 0 Å². The molecular weight excluding hydrogens is 286 g/mol. The largest absolute Gasteiger partial charge is 0.294 e. The Kier molecular flexibility index (Phi) is 4.43. The second kappa shape index (κ2) is 6.10. The highest BCUT2D eigenvalue weighted by atomic mass is 32.2. The van der Waals surface area contributed by atoms with Crippen molar-refractivity contribution in [3.8, 4) is 0 Å². The van der Waals surface area contributed by atoms with E-state index in [2.05, 4.69) is 4.72 Å². The molecule has 0 spiro atoms. The van der Waals surface area contributed by atoms with Crippen molar-refractivity contribution in [2.75, 3.05) is 4.72 Å². The second-order valence-corrected chi connectivity index (χ2v) is 6.46. The molecule has 0 atom stereocenters. The number of hydrogen-bond acceptors (Lipinski definition) is 3. The minimum atomic E-state index is -3.64. The van der Waals surface area contributed by atoms with Crippen LogP contribution in [0.5, 0.6) is 0 Å². The molecule has 0 aliphatic carbocycles. The number of sulfonamides is 1. The van der Waals surface area contributed by atoms with Crippen molar-refractivity contribution in [1.82, 2.24) is 0 Å². The first-order valence-corrected chi connectivity index (χ1v) is 8.13. The second-order valence-electron chi connectivity index (χ2n) is 4.78. The van der Waals surface area contributed by atoms with E-state index in [4.69, 9.17) is 0 Å². The average Bonchev–Trinajstić information content (AvgIpc) is 2.46. The van der Waals surface area contributed by atoms with E-state index < -0.39 is 10.0 Å². The van der Waals surface area contributed by atoms with Crippen molar-refractivity contribution >= 4 is 21.5 Å². The summed E-state index contributed by atoms with van der Waals surface area (Å²) in [6.07, 6.45) is 0.396. The summed E-state index contributed by atoms with van der Waals surface area (Å²) in [5, 5.41) is 0. The van der Waals surface area contributed by atoms with Gasteiger partial charge in [-0.15, -0.1) is 0 Å². The number of rotatable bonds is 5. The van der Waals surface area contributed by atoms with Gasteiger partial charge in [0.15, 0.2) is 5.78 Å². The summed E-state index contributed by atoms with van der Waals surface area (Å²) in [5.41, 5.74) is 2.01. The standard InChI is InChI=1S/C16H17NO3S/c1-3-16(18)13-7-9-15(10-8-13)21(19,20)17-14-6-4-5-12(2)11-14/h4-11,17H,3H2,1-2H3. The first-order chi connectivity index (χ1) is 9.92. The Morgan fingerprint density at radius 3 is 2.33 bits per heavy atom. The fourth-order valence-corrected chi connectivity index (χ4v) is 3.00. The number of benzene rings is 2. The molecule has 2 aromatic carbocycles. The zero-order chi connectivity index (χ0) is 15.5. The first-order valence-electron chi connectivity index (χ1n) is 6.65. The highest BCUT2D eigenvalue weighted by Crippen LogP contribution is 2.18. The van der Waals surface area contributed by atoms with Crippen molar-refractivity contribution in [2.45, 2.75) is 25.2 Å². The lowest BCUT2D eigenvalue weighted by molar-refractivity contribution is 0.0988. The molecule has 2 rings (SSSR count). The van der Waals surface area contributed by atoms with E-state index in [1.54, 1.807) is 25.1 Å². The summed E-state index contributed by atoms with van der Waals surface area (Å²) in [7, 11) is -3.64. The predicted octanol–water partition coefficient (Wildman–Crippen LogP) is 3.39. The number of Topliss-reactive ketones (excluding diaryl/α,β-unsaturated/α-hetero) is 1. The Morgan fingerprint density at radius 2 is 1.76 bits per heavy atom. The number of carbonyl (C=O) groups is 1. The zero-order valence-electron chi connectivity index (χ0n) is 12.0. The van der Waals surface area contributed by atoms with Gasteiger partial charge < -0.3 is 0 Å². The molecule has 1 N–H and O–H groups in total. The van der Waals surface area contributed by atoms with Crippen LogP contribution in [0.2, 0.25) is 0 Å². The fourth-order valence-electron chi connectivity index (χ4n) is 1.95. The number of anilines is 1. The summed E-state index contributed by atoms with van der Waals surface area (Å²) in [4.78, 5) is 11.7. The Morgan fingerprint density at radius 1 is 1.10 bits per heavy atom. The number of ketones is 1. The Bertz CT molecular complexity index is 749. The molecule has 0 aliphatic heterocycles. The van der Waals surface area contributed by atoms with Gasteiger partial charge in [-0.1, -0.05) is 31.2 Å². The first kappa shape index (κ1) is 15.3. The van der Waals surface area contributed by atoms with Gasteiger partial charge in [0.05, 0.1) is 4.90 Å². The average molecular weight is 303 g/mol. The van der Waals surface area contributed by atoms with Crippen molar-refractivity contribution < 1.29 is 13.2 Å². The molecule has 0 amide bonds. The van der Waals surface area contributed by atoms with E-state index >= 15 is 0 Å². The molecule has 5 heteroatoms. The fraction of sp³-hybridized carbons (Fsp3) is 0.188. The molecule has 0 aliphatic rings. The maximum absolute atomic E-state index is 12.3. The van der Waals surface area contributed by atoms with Crippen LogP contribution in [0.4, 0.5) is 5.69 Å². The van der Waals surface area contributed by atoms with Crippen molar-refractivity contribution in [2.24, 2.45) is 0 Å². The van der Waals surface area contributed by atoms with E-state index in [0.717, 1.165) is 5.56 Å². The van der Waals surface area contributed by atoms with E-state index in [9.17, 15) is 13.2 Å². The molecule has 0 bridgehead atoms. The maximum atomic E-state index is 12.3.